The van der Waals surface area contributed by atoms with E-state index in [1.807, 2.05) is 24.3 Å². The Morgan fingerprint density at radius 3 is 1.18 bits per heavy atom. The second kappa shape index (κ2) is 11.5. The number of hydrogen-bond donors (Lipinski definition) is 0. The van der Waals surface area contributed by atoms with Crippen molar-refractivity contribution in [3.05, 3.63) is 71.8 Å². The Morgan fingerprint density at radius 2 is 0.880 bits per heavy atom. The van der Waals surface area contributed by atoms with Gasteiger partial charge < -0.3 is 18.9 Å². The number of ketones is 2. The van der Waals surface area contributed by atoms with E-state index in [1.54, 1.807) is 28.4 Å². The maximum absolute atomic E-state index is 13.5. The number of methoxy groups -OCH3 is 4. The van der Waals surface area contributed by atoms with Gasteiger partial charge in [0.15, 0.2) is 23.0 Å². The summed E-state index contributed by atoms with van der Waals surface area (Å²) < 4.78 is 21.7. The zero-order chi connectivity index (χ0) is 36.1. The number of carbonyl (C=O) groups excluding carboxylic acids is 2. The third-order valence-corrected chi connectivity index (χ3v) is 15.1. The molecule has 6 aliphatic rings. The van der Waals surface area contributed by atoms with Crippen LogP contribution in [-0.4, -0.2) is 40.0 Å². The molecule has 6 nitrogen and oxygen atoms in total. The monoisotopic (exact) mass is 680 g/mol. The summed E-state index contributed by atoms with van der Waals surface area (Å²) in [6.45, 7) is 14.1. The predicted octanol–water partition coefficient (Wildman–Crippen LogP) is 9.52. The maximum atomic E-state index is 13.5. The molecule has 4 saturated carbocycles. The third-order valence-electron chi connectivity index (χ3n) is 15.1. The SMILES string of the molecule is COc1ccc([C@@H]2C(=O)[C@H]3C=C[C@]34C(C)(C)CCC[C@]24C)cc1OC.COc1ccc([C@H]2C(=O)[C@@H]3C=C[C@@]34C(C)(C)CCC[C@@]24C)cc1OC. The van der Waals surface area contributed by atoms with Gasteiger partial charge in [0.2, 0.25) is 0 Å². The van der Waals surface area contributed by atoms with E-state index < -0.39 is 0 Å². The average molecular weight is 681 g/mol. The van der Waals surface area contributed by atoms with Crippen LogP contribution >= 0.6 is 0 Å². The molecule has 2 aromatic rings. The number of benzene rings is 2. The zero-order valence-electron chi connectivity index (χ0n) is 31.8. The fraction of sp³-hybridized carbons (Fsp3) is 0.591. The molecule has 0 N–H and O–H groups in total. The molecular formula is C44H56O6. The van der Waals surface area contributed by atoms with Gasteiger partial charge in [0.05, 0.1) is 28.4 Å². The lowest BCUT2D eigenvalue weighted by molar-refractivity contribution is -0.124. The molecular weight excluding hydrogens is 624 g/mol. The van der Waals surface area contributed by atoms with E-state index in [-0.39, 0.29) is 56.2 Å². The smallest absolute Gasteiger partial charge is 0.161 e. The van der Waals surface area contributed by atoms with Gasteiger partial charge in [-0.2, -0.15) is 0 Å². The first-order chi connectivity index (χ1) is 23.6. The first kappa shape index (κ1) is 34.9. The number of carbonyl (C=O) groups is 2. The maximum Gasteiger partial charge on any atom is 0.161 e. The Bertz CT molecular complexity index is 1650. The third kappa shape index (κ3) is 4.14. The van der Waals surface area contributed by atoms with E-state index in [4.69, 9.17) is 18.9 Å². The second-order valence-electron chi connectivity index (χ2n) is 17.6. The molecule has 8 atom stereocenters. The van der Waals surface area contributed by atoms with Gasteiger partial charge in [-0.15, -0.1) is 0 Å². The molecule has 0 amide bonds. The summed E-state index contributed by atoms with van der Waals surface area (Å²) in [6, 6.07) is 12.0. The summed E-state index contributed by atoms with van der Waals surface area (Å²) in [5.74, 6) is 3.55. The molecule has 6 heteroatoms. The topological polar surface area (TPSA) is 71.1 Å². The molecule has 2 aromatic carbocycles. The molecule has 0 saturated heterocycles. The standard InChI is InChI=1S/2C22H28O3/c2*1-20(2)10-6-11-21(3)18(19(23)15-9-12-22(15,20)21)14-7-8-16(24-4)17(13-14)25-5/h2*7-9,12-13,15,18H,6,10-11H2,1-5H3/t2*15-,18-,21-,22-/m10/s1. The molecule has 2 spiro atoms. The van der Waals surface area contributed by atoms with Crippen LogP contribution in [0.1, 0.15) is 103 Å². The van der Waals surface area contributed by atoms with Crippen molar-refractivity contribution in [2.24, 2.45) is 44.3 Å². The van der Waals surface area contributed by atoms with Gasteiger partial charge >= 0.3 is 0 Å². The Balaban J connectivity index is 0.000000157. The van der Waals surface area contributed by atoms with E-state index in [1.165, 1.54) is 25.7 Å². The van der Waals surface area contributed by atoms with Crippen LogP contribution in [0.2, 0.25) is 0 Å². The fourth-order valence-electron chi connectivity index (χ4n) is 12.8. The van der Waals surface area contributed by atoms with Gasteiger partial charge in [-0.3, -0.25) is 9.59 Å². The largest absolute Gasteiger partial charge is 0.493 e. The van der Waals surface area contributed by atoms with Gasteiger partial charge in [-0.25, -0.2) is 0 Å². The van der Waals surface area contributed by atoms with Crippen molar-refractivity contribution in [1.29, 1.82) is 0 Å². The minimum absolute atomic E-state index is 0.00678. The number of rotatable bonds is 6. The summed E-state index contributed by atoms with van der Waals surface area (Å²) in [5.41, 5.74) is 2.36. The number of hydrogen-bond acceptors (Lipinski definition) is 6. The highest BCUT2D eigenvalue weighted by Gasteiger charge is 2.75. The van der Waals surface area contributed by atoms with Crippen molar-refractivity contribution >= 4 is 11.6 Å². The first-order valence-electron chi connectivity index (χ1n) is 18.5. The van der Waals surface area contributed by atoms with Crippen LogP contribution in [-0.2, 0) is 9.59 Å². The Kier molecular flexibility index (Phi) is 8.01. The minimum atomic E-state index is -0.0770. The molecule has 0 heterocycles. The van der Waals surface area contributed by atoms with Gasteiger partial charge in [0.25, 0.3) is 0 Å². The molecule has 268 valence electrons. The summed E-state index contributed by atoms with van der Waals surface area (Å²) >= 11 is 0. The van der Waals surface area contributed by atoms with E-state index in [0.717, 1.165) is 24.0 Å². The predicted molar refractivity (Wildman–Crippen MR) is 196 cm³/mol. The van der Waals surface area contributed by atoms with E-state index >= 15 is 0 Å². The van der Waals surface area contributed by atoms with E-state index in [2.05, 4.69) is 78.0 Å². The normalized spacial score (nSPS) is 37.9. The van der Waals surface area contributed by atoms with E-state index in [0.29, 0.717) is 34.6 Å². The molecule has 0 unspecified atom stereocenters. The quantitative estimate of drug-likeness (QED) is 0.283. The fourth-order valence-corrected chi connectivity index (χ4v) is 12.8. The lowest BCUT2D eigenvalue weighted by atomic mass is 9.41. The highest BCUT2D eigenvalue weighted by molar-refractivity contribution is 5.97. The number of allylic oxidation sites excluding steroid dienone is 4. The average Bonchev–Trinajstić information content (AvgIpc) is 3.26. The van der Waals surface area contributed by atoms with Crippen LogP contribution in [0.3, 0.4) is 0 Å². The van der Waals surface area contributed by atoms with Crippen molar-refractivity contribution in [2.45, 2.75) is 91.9 Å². The highest BCUT2D eigenvalue weighted by Crippen LogP contribution is 2.78. The van der Waals surface area contributed by atoms with Crippen LogP contribution in [0.25, 0.3) is 0 Å². The van der Waals surface area contributed by atoms with Crippen molar-refractivity contribution < 1.29 is 28.5 Å². The molecule has 4 fully saturated rings. The number of ether oxygens (including phenoxy) is 4. The second-order valence-corrected chi connectivity index (χ2v) is 17.6. The van der Waals surface area contributed by atoms with Gasteiger partial charge in [0, 0.05) is 34.5 Å². The van der Waals surface area contributed by atoms with Gasteiger partial charge in [-0.1, -0.05) is 90.8 Å². The number of Topliss-reactive ketones (excluding diaryl/α,β-unsaturated/α-hetero) is 2. The lowest BCUT2D eigenvalue weighted by Gasteiger charge is -2.62. The Morgan fingerprint density at radius 1 is 0.520 bits per heavy atom. The summed E-state index contributed by atoms with van der Waals surface area (Å²) in [5, 5.41) is 0. The van der Waals surface area contributed by atoms with E-state index in [9.17, 15) is 9.59 Å². The highest BCUT2D eigenvalue weighted by atomic mass is 16.5. The molecule has 0 aliphatic heterocycles. The Hall–Kier alpha value is -3.54. The van der Waals surface area contributed by atoms with Crippen molar-refractivity contribution in [2.75, 3.05) is 28.4 Å². The molecule has 0 aromatic heterocycles. The molecule has 8 rings (SSSR count). The minimum Gasteiger partial charge on any atom is -0.493 e. The molecule has 6 aliphatic carbocycles. The zero-order valence-corrected chi connectivity index (χ0v) is 31.8. The van der Waals surface area contributed by atoms with Gasteiger partial charge in [-0.05, 0) is 82.7 Å². The van der Waals surface area contributed by atoms with Crippen LogP contribution in [0.4, 0.5) is 0 Å². The first-order valence-corrected chi connectivity index (χ1v) is 18.5. The van der Waals surface area contributed by atoms with Crippen LogP contribution in [0.15, 0.2) is 60.7 Å². The summed E-state index contributed by atoms with van der Waals surface area (Å²) in [7, 11) is 6.58. The van der Waals surface area contributed by atoms with Crippen LogP contribution < -0.4 is 18.9 Å². The molecule has 0 bridgehead atoms. The molecule has 50 heavy (non-hydrogen) atoms. The van der Waals surface area contributed by atoms with Crippen LogP contribution in [0, 0.1) is 44.3 Å². The van der Waals surface area contributed by atoms with Crippen LogP contribution in [0.5, 0.6) is 23.0 Å². The summed E-state index contributed by atoms with van der Waals surface area (Å²) in [6.07, 6.45) is 16.0. The van der Waals surface area contributed by atoms with Crippen molar-refractivity contribution in [3.8, 4) is 23.0 Å². The molecule has 0 radical (unpaired) electrons. The summed E-state index contributed by atoms with van der Waals surface area (Å²) in [4.78, 5) is 26.9. The lowest BCUT2D eigenvalue weighted by Crippen LogP contribution is -2.56. The Labute approximate surface area is 299 Å². The van der Waals surface area contributed by atoms with Gasteiger partial charge in [0.1, 0.15) is 11.6 Å². The van der Waals surface area contributed by atoms with Crippen molar-refractivity contribution in [3.63, 3.8) is 0 Å². The van der Waals surface area contributed by atoms with Crippen molar-refractivity contribution in [1.82, 2.24) is 0 Å².